The number of benzene rings is 3. The minimum Gasteiger partial charge on any atom is -0.507 e. The molecule has 0 spiro atoms. The quantitative estimate of drug-likeness (QED) is 0.251. The molecule has 37 heavy (non-hydrogen) atoms. The Hall–Kier alpha value is -2.65. The van der Waals surface area contributed by atoms with Crippen LogP contribution in [-0.4, -0.2) is 17.4 Å². The number of phenolic OH excluding ortho intramolecular Hbond substituents is 1. The lowest BCUT2D eigenvalue weighted by molar-refractivity contribution is 0.479. The van der Waals surface area contributed by atoms with Gasteiger partial charge in [-0.1, -0.05) is 104 Å². The molecule has 0 aliphatic carbocycles. The fourth-order valence-electron chi connectivity index (χ4n) is 5.47. The van der Waals surface area contributed by atoms with Crippen LogP contribution in [0.4, 0.5) is 5.69 Å². The van der Waals surface area contributed by atoms with Crippen molar-refractivity contribution in [1.82, 2.24) is 0 Å². The molecule has 0 aromatic heterocycles. The van der Waals surface area contributed by atoms with Crippen LogP contribution >= 0.6 is 11.9 Å². The monoisotopic (exact) mass is 513 g/mol. The highest BCUT2D eigenvalue weighted by Gasteiger charge is 2.26. The van der Waals surface area contributed by atoms with Crippen molar-refractivity contribution in [3.8, 4) is 28.0 Å². The molecule has 0 saturated carbocycles. The van der Waals surface area contributed by atoms with E-state index < -0.39 is 0 Å². The molecular weight excluding hydrogens is 470 g/mol. The van der Waals surface area contributed by atoms with Crippen LogP contribution in [0.5, 0.6) is 5.75 Å². The average Bonchev–Trinajstić information content (AvgIpc) is 2.88. The maximum absolute atomic E-state index is 12.2. The third kappa shape index (κ3) is 5.48. The van der Waals surface area contributed by atoms with Crippen LogP contribution in [0.3, 0.4) is 0 Å². The molecule has 0 fully saturated rings. The van der Waals surface area contributed by atoms with Crippen molar-refractivity contribution in [3.63, 3.8) is 0 Å². The van der Waals surface area contributed by atoms with Crippen LogP contribution in [0.2, 0.25) is 0 Å². The van der Waals surface area contributed by atoms with Crippen molar-refractivity contribution in [2.45, 2.75) is 79.1 Å². The summed E-state index contributed by atoms with van der Waals surface area (Å²) in [6, 6.07) is 17.7. The van der Waals surface area contributed by atoms with Gasteiger partial charge < -0.3 is 9.41 Å². The molecule has 1 N–H and O–H groups in total. The number of aromatic hydroxyl groups is 1. The number of anilines is 1. The number of hydrogen-bond donors (Lipinski definition) is 1. The van der Waals surface area contributed by atoms with Gasteiger partial charge in [-0.2, -0.15) is 0 Å². The fourth-order valence-corrected chi connectivity index (χ4v) is 6.32. The highest BCUT2D eigenvalue weighted by atomic mass is 32.2. The van der Waals surface area contributed by atoms with Crippen LogP contribution in [-0.2, 0) is 0 Å². The Balaban J connectivity index is 2.13. The second-order valence-corrected chi connectivity index (χ2v) is 12.5. The predicted octanol–water partition coefficient (Wildman–Crippen LogP) is 10.2. The van der Waals surface area contributed by atoms with Gasteiger partial charge >= 0.3 is 0 Å². The molecule has 0 radical (unpaired) electrons. The van der Waals surface area contributed by atoms with Gasteiger partial charge in [-0.05, 0) is 81.1 Å². The van der Waals surface area contributed by atoms with E-state index in [1.165, 1.54) is 33.4 Å². The first-order valence-corrected chi connectivity index (χ1v) is 14.7. The molecule has 0 amide bonds. The summed E-state index contributed by atoms with van der Waals surface area (Å²) in [5.41, 5.74) is 10.6. The summed E-state index contributed by atoms with van der Waals surface area (Å²) in [4.78, 5) is 0. The minimum absolute atomic E-state index is 0.349. The Morgan fingerprint density at radius 3 is 1.38 bits per heavy atom. The first-order chi connectivity index (χ1) is 17.6. The summed E-state index contributed by atoms with van der Waals surface area (Å²) in [7, 11) is 0. The maximum atomic E-state index is 12.2. The van der Waals surface area contributed by atoms with Gasteiger partial charge in [-0.15, -0.1) is 0 Å². The molecular formula is C34H43NOS. The number of hydrogen-bond acceptors (Lipinski definition) is 3. The van der Waals surface area contributed by atoms with Crippen molar-refractivity contribution >= 4 is 17.6 Å². The van der Waals surface area contributed by atoms with Crippen molar-refractivity contribution < 1.29 is 5.11 Å². The lowest BCUT2D eigenvalue weighted by Gasteiger charge is -2.29. The Morgan fingerprint density at radius 1 is 0.649 bits per heavy atom. The van der Waals surface area contributed by atoms with Gasteiger partial charge in [0.2, 0.25) is 0 Å². The molecule has 4 rings (SSSR count). The van der Waals surface area contributed by atoms with Gasteiger partial charge in [0, 0.05) is 29.1 Å². The van der Waals surface area contributed by atoms with E-state index in [1.807, 2.05) is 11.9 Å². The minimum atomic E-state index is 0.349. The van der Waals surface area contributed by atoms with Gasteiger partial charge in [0.1, 0.15) is 5.75 Å². The normalized spacial score (nSPS) is 14.0. The maximum Gasteiger partial charge on any atom is 0.131 e. The molecule has 1 aliphatic rings. The smallest absolute Gasteiger partial charge is 0.131 e. The number of rotatable bonds is 7. The zero-order valence-corrected chi connectivity index (χ0v) is 24.6. The van der Waals surface area contributed by atoms with Crippen LogP contribution in [0.1, 0.15) is 101 Å². The van der Waals surface area contributed by atoms with Crippen LogP contribution < -0.4 is 4.31 Å². The van der Waals surface area contributed by atoms with Crippen molar-refractivity contribution in [1.29, 1.82) is 0 Å². The highest BCUT2D eigenvalue weighted by Crippen LogP contribution is 2.49. The van der Waals surface area contributed by atoms with E-state index in [0.717, 1.165) is 29.1 Å². The van der Waals surface area contributed by atoms with E-state index in [0.29, 0.717) is 29.4 Å². The first kappa shape index (κ1) is 27.4. The summed E-state index contributed by atoms with van der Waals surface area (Å²) in [5, 5.41) is 12.2. The van der Waals surface area contributed by atoms with Crippen LogP contribution in [0, 0.1) is 0 Å². The van der Waals surface area contributed by atoms with Gasteiger partial charge in [0.25, 0.3) is 0 Å². The first-order valence-electron chi connectivity index (χ1n) is 13.8. The lowest BCUT2D eigenvalue weighted by Crippen LogP contribution is -2.18. The summed E-state index contributed by atoms with van der Waals surface area (Å²) in [5.74, 6) is 2.75. The molecule has 196 valence electrons. The van der Waals surface area contributed by atoms with E-state index in [2.05, 4.69) is 120 Å². The Labute approximate surface area is 229 Å². The van der Waals surface area contributed by atoms with Crippen molar-refractivity contribution in [2.24, 2.45) is 0 Å². The topological polar surface area (TPSA) is 23.5 Å². The predicted molar refractivity (Wildman–Crippen MR) is 164 cm³/mol. The molecule has 0 bridgehead atoms. The van der Waals surface area contributed by atoms with Gasteiger partial charge in [0.15, 0.2) is 0 Å². The molecule has 0 unspecified atom stereocenters. The number of phenols is 1. The Morgan fingerprint density at radius 2 is 1.05 bits per heavy atom. The standard InChI is InChI=1S/C34H43NOS/c1-21(2)26-13-11-14-27(22(3)4)32(26)30-19-25(35-17-9-10-18-37-35)20-31(34(30)36)33-28(23(5)6)15-12-16-29(33)24(7)8/h9-16,19-24,36H,17-18H2,1-8H3. The highest BCUT2D eigenvalue weighted by molar-refractivity contribution is 8.00. The lowest BCUT2D eigenvalue weighted by atomic mass is 9.81. The third-order valence-electron chi connectivity index (χ3n) is 7.43. The molecule has 2 nitrogen and oxygen atoms in total. The summed E-state index contributed by atoms with van der Waals surface area (Å²) in [6.07, 6.45) is 4.48. The zero-order valence-electron chi connectivity index (χ0n) is 23.8. The molecule has 3 aromatic carbocycles. The third-order valence-corrected chi connectivity index (χ3v) is 8.44. The fraction of sp³-hybridized carbons (Fsp3) is 0.412. The van der Waals surface area contributed by atoms with E-state index in [1.54, 1.807) is 0 Å². The Bertz CT molecular complexity index is 1150. The van der Waals surface area contributed by atoms with Crippen molar-refractivity contribution in [3.05, 3.63) is 82.9 Å². The molecule has 1 heterocycles. The molecule has 1 aliphatic heterocycles. The second kappa shape index (κ2) is 11.4. The van der Waals surface area contributed by atoms with Gasteiger partial charge in [0.05, 0.1) is 0 Å². The summed E-state index contributed by atoms with van der Waals surface area (Å²) in [6.45, 7) is 18.9. The number of nitrogens with zero attached hydrogens (tertiary/aromatic N) is 1. The van der Waals surface area contributed by atoms with Gasteiger partial charge in [-0.25, -0.2) is 0 Å². The second-order valence-electron chi connectivity index (χ2n) is 11.5. The zero-order chi connectivity index (χ0) is 26.9. The SMILES string of the molecule is CC(C)c1cccc(C(C)C)c1-c1cc(N2CC=CCS2)cc(-c2c(C(C)C)cccc2C(C)C)c1O. The largest absolute Gasteiger partial charge is 0.507 e. The summed E-state index contributed by atoms with van der Waals surface area (Å²) >= 11 is 1.84. The Kier molecular flexibility index (Phi) is 8.43. The van der Waals surface area contributed by atoms with Crippen LogP contribution in [0.15, 0.2) is 60.7 Å². The van der Waals surface area contributed by atoms with E-state index in [9.17, 15) is 5.11 Å². The summed E-state index contributed by atoms with van der Waals surface area (Å²) < 4.78 is 2.37. The molecule has 3 aromatic rings. The van der Waals surface area contributed by atoms with Crippen LogP contribution in [0.25, 0.3) is 22.3 Å². The van der Waals surface area contributed by atoms with Gasteiger partial charge in [-0.3, -0.25) is 0 Å². The average molecular weight is 514 g/mol. The molecule has 3 heteroatoms. The van der Waals surface area contributed by atoms with Crippen molar-refractivity contribution in [2.75, 3.05) is 16.6 Å². The van der Waals surface area contributed by atoms with E-state index in [-0.39, 0.29) is 0 Å². The van der Waals surface area contributed by atoms with E-state index >= 15 is 0 Å². The van der Waals surface area contributed by atoms with E-state index in [4.69, 9.17) is 0 Å². The molecule has 0 atom stereocenters. The molecule has 0 saturated heterocycles.